The predicted molar refractivity (Wildman–Crippen MR) is 115 cm³/mol. The maximum absolute atomic E-state index is 13.0. The molecular weight excluding hydrogens is 389 g/mol. The molecule has 1 aromatic rings. The van der Waals surface area contributed by atoms with Crippen LogP contribution in [0.4, 0.5) is 18.9 Å². The second-order valence-corrected chi connectivity index (χ2v) is 9.03. The summed E-state index contributed by atoms with van der Waals surface area (Å²) in [6.07, 6.45) is 0.783. The quantitative estimate of drug-likeness (QED) is 0.729. The summed E-state index contributed by atoms with van der Waals surface area (Å²) in [5, 5.41) is 0. The lowest BCUT2D eigenvalue weighted by Gasteiger charge is -2.47. The lowest BCUT2D eigenvalue weighted by molar-refractivity contribution is -0.137. The Morgan fingerprint density at radius 2 is 1.60 bits per heavy atom. The van der Waals surface area contributed by atoms with E-state index in [-0.39, 0.29) is 0 Å². The van der Waals surface area contributed by atoms with Crippen LogP contribution in [0.25, 0.3) is 0 Å². The van der Waals surface area contributed by atoms with Crippen LogP contribution in [0, 0.1) is 0 Å². The van der Waals surface area contributed by atoms with E-state index in [9.17, 15) is 13.2 Å². The summed E-state index contributed by atoms with van der Waals surface area (Å²) in [5.74, 6) is 0. The number of piperazine rings is 1. The average molecular weight is 425 g/mol. The first-order chi connectivity index (χ1) is 14.4. The molecule has 0 N–H and O–H groups in total. The summed E-state index contributed by atoms with van der Waals surface area (Å²) < 4.78 is 39.1. The SMILES string of the molecule is CCN1CCC(N2CCC[C@H](N3CCN(c4cccc(C(F)(F)F)c4)CC3)C2)CC1. The summed E-state index contributed by atoms with van der Waals surface area (Å²) >= 11 is 0. The molecule has 7 heteroatoms. The number of hydrogen-bond donors (Lipinski definition) is 0. The fraction of sp³-hybridized carbons (Fsp3) is 0.739. The van der Waals surface area contributed by atoms with Crippen molar-refractivity contribution in [2.24, 2.45) is 0 Å². The third-order valence-corrected chi connectivity index (χ3v) is 7.32. The van der Waals surface area contributed by atoms with Gasteiger partial charge in [-0.1, -0.05) is 13.0 Å². The van der Waals surface area contributed by atoms with Crippen molar-refractivity contribution < 1.29 is 13.2 Å². The molecule has 0 aromatic heterocycles. The molecule has 30 heavy (non-hydrogen) atoms. The summed E-state index contributed by atoms with van der Waals surface area (Å²) in [7, 11) is 0. The van der Waals surface area contributed by atoms with Gasteiger partial charge in [-0.25, -0.2) is 0 Å². The highest BCUT2D eigenvalue weighted by Crippen LogP contribution is 2.32. The van der Waals surface area contributed by atoms with Crippen LogP contribution in [-0.2, 0) is 6.18 Å². The molecule has 168 valence electrons. The van der Waals surface area contributed by atoms with Gasteiger partial charge in [-0.2, -0.15) is 13.2 Å². The lowest BCUT2D eigenvalue weighted by Crippen LogP contribution is -2.57. The Morgan fingerprint density at radius 1 is 0.867 bits per heavy atom. The summed E-state index contributed by atoms with van der Waals surface area (Å²) in [6, 6.07) is 7.08. The fourth-order valence-electron chi connectivity index (χ4n) is 5.44. The smallest absolute Gasteiger partial charge is 0.369 e. The van der Waals surface area contributed by atoms with Gasteiger partial charge in [0.25, 0.3) is 0 Å². The Kier molecular flexibility index (Phi) is 6.90. The third kappa shape index (κ3) is 5.11. The Hall–Kier alpha value is -1.31. The van der Waals surface area contributed by atoms with Crippen molar-refractivity contribution in [1.29, 1.82) is 0 Å². The minimum atomic E-state index is -4.28. The van der Waals surface area contributed by atoms with E-state index in [0.717, 1.165) is 51.4 Å². The molecule has 3 saturated heterocycles. The van der Waals surface area contributed by atoms with Gasteiger partial charge in [-0.15, -0.1) is 0 Å². The van der Waals surface area contributed by atoms with Crippen LogP contribution in [0.5, 0.6) is 0 Å². The zero-order valence-electron chi connectivity index (χ0n) is 18.1. The van der Waals surface area contributed by atoms with Gasteiger partial charge in [0.2, 0.25) is 0 Å². The van der Waals surface area contributed by atoms with Gasteiger partial charge in [0, 0.05) is 50.5 Å². The minimum absolute atomic E-state index is 0.556. The Labute approximate surface area is 178 Å². The van der Waals surface area contributed by atoms with Gasteiger partial charge >= 0.3 is 6.18 Å². The number of halogens is 3. The summed E-state index contributed by atoms with van der Waals surface area (Å²) in [6.45, 7) is 11.7. The van der Waals surface area contributed by atoms with E-state index >= 15 is 0 Å². The average Bonchev–Trinajstić information content (AvgIpc) is 2.79. The standard InChI is InChI=1S/C23H35F3N4/c1-2-27-11-8-20(9-12-27)30-10-4-7-22(18-30)29-15-13-28(14-16-29)21-6-3-5-19(17-21)23(24,25)26/h3,5-6,17,20,22H,2,4,7-16,18H2,1H3/t22-/m0/s1. The van der Waals surface area contributed by atoms with Gasteiger partial charge in [-0.3, -0.25) is 9.80 Å². The van der Waals surface area contributed by atoms with Crippen molar-refractivity contribution in [2.75, 3.05) is 63.8 Å². The van der Waals surface area contributed by atoms with E-state index in [2.05, 4.69) is 26.5 Å². The number of alkyl halides is 3. The molecule has 0 spiro atoms. The molecule has 4 nitrogen and oxygen atoms in total. The largest absolute Gasteiger partial charge is 0.416 e. The van der Waals surface area contributed by atoms with Crippen molar-refractivity contribution in [2.45, 2.75) is 50.9 Å². The summed E-state index contributed by atoms with van der Waals surface area (Å²) in [4.78, 5) is 9.95. The number of rotatable bonds is 4. The predicted octanol–water partition coefficient (Wildman–Crippen LogP) is 3.78. The highest BCUT2D eigenvalue weighted by molar-refractivity contribution is 5.49. The van der Waals surface area contributed by atoms with E-state index in [0.29, 0.717) is 11.7 Å². The third-order valence-electron chi connectivity index (χ3n) is 7.32. The molecule has 4 rings (SSSR count). The number of anilines is 1. The maximum Gasteiger partial charge on any atom is 0.416 e. The Balaban J connectivity index is 1.30. The van der Waals surface area contributed by atoms with Gasteiger partial charge in [0.1, 0.15) is 0 Å². The van der Waals surface area contributed by atoms with Crippen molar-refractivity contribution in [3.05, 3.63) is 29.8 Å². The maximum atomic E-state index is 13.0. The van der Waals surface area contributed by atoms with Crippen LogP contribution in [0.3, 0.4) is 0 Å². The van der Waals surface area contributed by atoms with E-state index in [1.54, 1.807) is 6.07 Å². The van der Waals surface area contributed by atoms with Gasteiger partial charge in [0.15, 0.2) is 0 Å². The normalized spacial score (nSPS) is 26.3. The van der Waals surface area contributed by atoms with Crippen molar-refractivity contribution in [3.8, 4) is 0 Å². The Morgan fingerprint density at radius 3 is 2.27 bits per heavy atom. The van der Waals surface area contributed by atoms with Crippen LogP contribution < -0.4 is 4.90 Å². The zero-order chi connectivity index (χ0) is 21.1. The summed E-state index contributed by atoms with van der Waals surface area (Å²) in [5.41, 5.74) is 0.136. The minimum Gasteiger partial charge on any atom is -0.369 e. The molecule has 0 radical (unpaired) electrons. The van der Waals surface area contributed by atoms with Crippen LogP contribution in [0.1, 0.15) is 38.2 Å². The highest BCUT2D eigenvalue weighted by Gasteiger charge is 2.33. The van der Waals surface area contributed by atoms with Gasteiger partial charge < -0.3 is 9.80 Å². The van der Waals surface area contributed by atoms with E-state index in [4.69, 9.17) is 0 Å². The molecule has 0 unspecified atom stereocenters. The molecule has 3 aliphatic rings. The molecule has 0 bridgehead atoms. The van der Waals surface area contributed by atoms with Crippen molar-refractivity contribution >= 4 is 5.69 Å². The van der Waals surface area contributed by atoms with Crippen molar-refractivity contribution in [3.63, 3.8) is 0 Å². The van der Waals surface area contributed by atoms with Crippen LogP contribution >= 0.6 is 0 Å². The number of hydrogen-bond acceptors (Lipinski definition) is 4. The molecule has 3 aliphatic heterocycles. The monoisotopic (exact) mass is 424 g/mol. The number of piperidine rings is 2. The highest BCUT2D eigenvalue weighted by atomic mass is 19.4. The molecule has 1 atom stereocenters. The number of nitrogens with zero attached hydrogens (tertiary/aromatic N) is 4. The first-order valence-corrected chi connectivity index (χ1v) is 11.6. The van der Waals surface area contributed by atoms with Crippen LogP contribution in [0.15, 0.2) is 24.3 Å². The first kappa shape index (κ1) is 21.9. The van der Waals surface area contributed by atoms with E-state index in [1.165, 1.54) is 57.5 Å². The Bertz CT molecular complexity index is 679. The van der Waals surface area contributed by atoms with E-state index < -0.39 is 11.7 Å². The number of likely N-dealkylation sites (tertiary alicyclic amines) is 2. The molecule has 0 saturated carbocycles. The van der Waals surface area contributed by atoms with Crippen molar-refractivity contribution in [1.82, 2.24) is 14.7 Å². The van der Waals surface area contributed by atoms with Gasteiger partial charge in [-0.05, 0) is 70.1 Å². The van der Waals surface area contributed by atoms with Crippen LogP contribution in [0.2, 0.25) is 0 Å². The lowest BCUT2D eigenvalue weighted by atomic mass is 9.97. The zero-order valence-corrected chi connectivity index (χ0v) is 18.1. The molecule has 0 amide bonds. The van der Waals surface area contributed by atoms with Crippen LogP contribution in [-0.4, -0.2) is 85.7 Å². The molecule has 0 aliphatic carbocycles. The molecule has 3 fully saturated rings. The van der Waals surface area contributed by atoms with E-state index in [1.807, 2.05) is 0 Å². The second-order valence-electron chi connectivity index (χ2n) is 9.03. The fourth-order valence-corrected chi connectivity index (χ4v) is 5.44. The number of benzene rings is 1. The molecule has 1 aromatic carbocycles. The second kappa shape index (κ2) is 9.45. The first-order valence-electron chi connectivity index (χ1n) is 11.6. The molecule has 3 heterocycles. The molecular formula is C23H35F3N4. The topological polar surface area (TPSA) is 13.0 Å². The van der Waals surface area contributed by atoms with Gasteiger partial charge in [0.05, 0.1) is 5.56 Å².